The molecule has 1 fully saturated rings. The molecule has 2 rings (SSSR count). The summed E-state index contributed by atoms with van der Waals surface area (Å²) in [5.41, 5.74) is 0.881. The van der Waals surface area contributed by atoms with Crippen molar-refractivity contribution in [2.24, 2.45) is 5.92 Å². The van der Waals surface area contributed by atoms with Crippen LogP contribution >= 0.6 is 0 Å². The second-order valence-corrected chi connectivity index (χ2v) is 8.15. The Morgan fingerprint density at radius 1 is 1.30 bits per heavy atom. The molecule has 0 aliphatic carbocycles. The minimum absolute atomic E-state index is 0.0529. The Bertz CT molecular complexity index is 656. The Kier molecular flexibility index (Phi) is 5.59. The number of sulfonamides is 1. The summed E-state index contributed by atoms with van der Waals surface area (Å²) in [7, 11) is -3.50. The molecular weight excluding hydrogens is 312 g/mol. The van der Waals surface area contributed by atoms with E-state index < -0.39 is 16.1 Å². The van der Waals surface area contributed by atoms with Crippen molar-refractivity contribution in [3.05, 3.63) is 48.6 Å². The van der Waals surface area contributed by atoms with E-state index in [1.165, 1.54) is 4.31 Å². The summed E-state index contributed by atoms with van der Waals surface area (Å²) >= 11 is 0. The molecule has 0 aromatic heterocycles. The Morgan fingerprint density at radius 3 is 2.52 bits per heavy atom. The smallest absolute Gasteiger partial charge is 0.241 e. The maximum Gasteiger partial charge on any atom is 0.241 e. The molecule has 1 saturated heterocycles. The summed E-state index contributed by atoms with van der Waals surface area (Å²) in [4.78, 5) is 14.4. The van der Waals surface area contributed by atoms with E-state index in [1.807, 2.05) is 44.2 Å². The first kappa shape index (κ1) is 17.7. The van der Waals surface area contributed by atoms with Crippen LogP contribution in [0.15, 0.2) is 43.0 Å². The van der Waals surface area contributed by atoms with Gasteiger partial charge in [0.15, 0.2) is 0 Å². The Labute approximate surface area is 138 Å². The molecule has 0 saturated carbocycles. The summed E-state index contributed by atoms with van der Waals surface area (Å²) in [6.07, 6.45) is 1.63. The van der Waals surface area contributed by atoms with Gasteiger partial charge >= 0.3 is 0 Å². The van der Waals surface area contributed by atoms with Gasteiger partial charge in [-0.3, -0.25) is 4.79 Å². The molecule has 1 atom stereocenters. The van der Waals surface area contributed by atoms with Gasteiger partial charge in [0.1, 0.15) is 6.04 Å². The van der Waals surface area contributed by atoms with Gasteiger partial charge in [-0.05, 0) is 11.5 Å². The van der Waals surface area contributed by atoms with Crippen molar-refractivity contribution >= 4 is 15.9 Å². The molecule has 5 nitrogen and oxygen atoms in total. The first-order valence-corrected chi connectivity index (χ1v) is 9.41. The molecule has 6 heteroatoms. The van der Waals surface area contributed by atoms with Crippen molar-refractivity contribution in [1.82, 2.24) is 9.21 Å². The second-order valence-electron chi connectivity index (χ2n) is 6.11. The van der Waals surface area contributed by atoms with Crippen molar-refractivity contribution in [2.45, 2.75) is 26.4 Å². The van der Waals surface area contributed by atoms with Gasteiger partial charge in [-0.2, -0.15) is 4.31 Å². The second kappa shape index (κ2) is 7.27. The molecule has 1 aromatic carbocycles. The van der Waals surface area contributed by atoms with Gasteiger partial charge in [0.2, 0.25) is 15.9 Å². The SMILES string of the molecule is C=CCN1CCS(=O)(=O)N(Cc2ccccc2)[C@@H](C(C)C)C1=O. The molecule has 1 aliphatic heterocycles. The topological polar surface area (TPSA) is 57.7 Å². The predicted molar refractivity (Wildman–Crippen MR) is 91.2 cm³/mol. The van der Waals surface area contributed by atoms with Crippen LogP contribution in [-0.4, -0.2) is 48.4 Å². The summed E-state index contributed by atoms with van der Waals surface area (Å²) in [5, 5.41) is 0. The monoisotopic (exact) mass is 336 g/mol. The van der Waals surface area contributed by atoms with Crippen molar-refractivity contribution in [1.29, 1.82) is 0 Å². The van der Waals surface area contributed by atoms with Gasteiger partial charge in [0, 0.05) is 19.6 Å². The first-order chi connectivity index (χ1) is 10.9. The maximum absolute atomic E-state index is 12.8. The lowest BCUT2D eigenvalue weighted by molar-refractivity contribution is -0.135. The number of carbonyl (C=O) groups is 1. The number of hydrogen-bond donors (Lipinski definition) is 0. The number of hydrogen-bond acceptors (Lipinski definition) is 3. The van der Waals surface area contributed by atoms with Crippen molar-refractivity contribution in [3.8, 4) is 0 Å². The summed E-state index contributed by atoms with van der Waals surface area (Å²) < 4.78 is 26.8. The number of rotatable bonds is 5. The van der Waals surface area contributed by atoms with E-state index in [0.717, 1.165) is 5.56 Å². The quantitative estimate of drug-likeness (QED) is 0.771. The van der Waals surface area contributed by atoms with Gasteiger partial charge in [0.25, 0.3) is 0 Å². The minimum atomic E-state index is -3.50. The standard InChI is InChI=1S/C17H24N2O3S/c1-4-10-18-11-12-23(21,22)19(16(14(2)3)17(18)20)13-15-8-6-5-7-9-15/h4-9,14,16H,1,10-13H2,2-3H3/t16-/m0/s1. The fourth-order valence-electron chi connectivity index (χ4n) is 2.85. The average Bonchev–Trinajstić information content (AvgIpc) is 2.59. The highest BCUT2D eigenvalue weighted by molar-refractivity contribution is 7.89. The molecule has 126 valence electrons. The highest BCUT2D eigenvalue weighted by Crippen LogP contribution is 2.24. The lowest BCUT2D eigenvalue weighted by Gasteiger charge is -2.32. The van der Waals surface area contributed by atoms with Crippen LogP contribution in [0, 0.1) is 5.92 Å². The van der Waals surface area contributed by atoms with Crippen LogP contribution in [0.5, 0.6) is 0 Å². The van der Waals surface area contributed by atoms with E-state index in [2.05, 4.69) is 6.58 Å². The van der Waals surface area contributed by atoms with Crippen LogP contribution in [0.2, 0.25) is 0 Å². The third-order valence-electron chi connectivity index (χ3n) is 4.01. The maximum atomic E-state index is 12.8. The molecule has 23 heavy (non-hydrogen) atoms. The third-order valence-corrected chi connectivity index (χ3v) is 5.78. The van der Waals surface area contributed by atoms with E-state index in [9.17, 15) is 13.2 Å². The van der Waals surface area contributed by atoms with Gasteiger partial charge in [-0.25, -0.2) is 8.42 Å². The van der Waals surface area contributed by atoms with Gasteiger partial charge in [-0.15, -0.1) is 6.58 Å². The van der Waals surface area contributed by atoms with Gasteiger partial charge in [-0.1, -0.05) is 50.3 Å². The lowest BCUT2D eigenvalue weighted by Crippen LogP contribution is -2.49. The lowest BCUT2D eigenvalue weighted by atomic mass is 10.0. The number of amides is 1. The van der Waals surface area contributed by atoms with Crippen LogP contribution in [0.4, 0.5) is 0 Å². The fourth-order valence-corrected chi connectivity index (χ4v) is 4.56. The van der Waals surface area contributed by atoms with E-state index >= 15 is 0 Å². The summed E-state index contributed by atoms with van der Waals surface area (Å²) in [6, 6.07) is 8.71. The third kappa shape index (κ3) is 4.00. The zero-order valence-corrected chi connectivity index (χ0v) is 14.5. The van der Waals surface area contributed by atoms with Crippen LogP contribution in [0.25, 0.3) is 0 Å². The van der Waals surface area contributed by atoms with E-state index in [-0.39, 0.29) is 30.7 Å². The summed E-state index contributed by atoms with van der Waals surface area (Å²) in [5.74, 6) is -0.300. The molecule has 0 spiro atoms. The van der Waals surface area contributed by atoms with Crippen LogP contribution < -0.4 is 0 Å². The van der Waals surface area contributed by atoms with E-state index in [4.69, 9.17) is 0 Å². The Hall–Kier alpha value is -1.66. The van der Waals surface area contributed by atoms with Crippen molar-refractivity contribution < 1.29 is 13.2 Å². The molecule has 1 aliphatic rings. The average molecular weight is 336 g/mol. The highest BCUT2D eigenvalue weighted by atomic mass is 32.2. The molecule has 0 N–H and O–H groups in total. The van der Waals surface area contributed by atoms with Gasteiger partial charge in [0.05, 0.1) is 5.75 Å². The van der Waals surface area contributed by atoms with E-state index in [1.54, 1.807) is 11.0 Å². The van der Waals surface area contributed by atoms with Crippen LogP contribution in [0.3, 0.4) is 0 Å². The zero-order chi connectivity index (χ0) is 17.0. The normalized spacial score (nSPS) is 22.1. The molecular formula is C17H24N2O3S. The van der Waals surface area contributed by atoms with Crippen LogP contribution in [-0.2, 0) is 21.4 Å². The van der Waals surface area contributed by atoms with Crippen molar-refractivity contribution in [2.75, 3.05) is 18.8 Å². The molecule has 1 aromatic rings. The number of benzene rings is 1. The van der Waals surface area contributed by atoms with Gasteiger partial charge < -0.3 is 4.90 Å². The Balaban J connectivity index is 2.41. The highest BCUT2D eigenvalue weighted by Gasteiger charge is 2.41. The molecule has 0 bridgehead atoms. The van der Waals surface area contributed by atoms with E-state index in [0.29, 0.717) is 6.54 Å². The number of carbonyl (C=O) groups excluding carboxylic acids is 1. The Morgan fingerprint density at radius 2 is 1.96 bits per heavy atom. The molecule has 0 radical (unpaired) electrons. The first-order valence-electron chi connectivity index (χ1n) is 7.80. The molecule has 1 heterocycles. The molecule has 1 amide bonds. The predicted octanol–water partition coefficient (Wildman–Crippen LogP) is 1.87. The zero-order valence-electron chi connectivity index (χ0n) is 13.7. The number of nitrogens with zero attached hydrogens (tertiary/aromatic N) is 2. The minimum Gasteiger partial charge on any atom is -0.337 e. The largest absolute Gasteiger partial charge is 0.337 e. The van der Waals surface area contributed by atoms with Crippen molar-refractivity contribution in [3.63, 3.8) is 0 Å². The van der Waals surface area contributed by atoms with Crippen LogP contribution in [0.1, 0.15) is 19.4 Å². The fraction of sp³-hybridized carbons (Fsp3) is 0.471. The molecule has 0 unspecified atom stereocenters. The summed E-state index contributed by atoms with van der Waals surface area (Å²) in [6.45, 7) is 8.22.